The second-order valence-electron chi connectivity index (χ2n) is 8.55. The van der Waals surface area contributed by atoms with Crippen molar-refractivity contribution in [3.05, 3.63) is 95.1 Å². The average Bonchev–Trinajstić information content (AvgIpc) is 3.18. The Morgan fingerprint density at radius 3 is 2.38 bits per heavy atom. The van der Waals surface area contributed by atoms with Gasteiger partial charge in [-0.15, -0.1) is 0 Å². The molecule has 0 spiro atoms. The topological polar surface area (TPSA) is 55.8 Å². The number of aliphatic carboxylic acids is 1. The largest absolute Gasteiger partial charge is 0.490 e. The van der Waals surface area contributed by atoms with Gasteiger partial charge in [0.1, 0.15) is 12.4 Å². The van der Waals surface area contributed by atoms with Crippen LogP contribution in [0, 0.1) is 0 Å². The van der Waals surface area contributed by atoms with E-state index >= 15 is 0 Å². The SMILES string of the molecule is CCCCc1cccc2c1-c1ccccc1C2=CCOc1ccc(CC(OCC)C(=O)O)cc1. The van der Waals surface area contributed by atoms with Crippen LogP contribution in [0.1, 0.15) is 48.9 Å². The first kappa shape index (κ1) is 23.8. The number of unbranched alkanes of at least 4 members (excludes halogenated alkanes) is 1. The van der Waals surface area contributed by atoms with Gasteiger partial charge in [0.2, 0.25) is 0 Å². The normalized spacial score (nSPS) is 14.0. The van der Waals surface area contributed by atoms with Crippen LogP contribution in [0.25, 0.3) is 16.7 Å². The van der Waals surface area contributed by atoms with Crippen molar-refractivity contribution in [1.82, 2.24) is 0 Å². The number of hydrogen-bond donors (Lipinski definition) is 1. The molecule has 0 saturated carbocycles. The maximum atomic E-state index is 11.3. The highest BCUT2D eigenvalue weighted by atomic mass is 16.5. The highest BCUT2D eigenvalue weighted by molar-refractivity contribution is 6.02. The summed E-state index contributed by atoms with van der Waals surface area (Å²) in [5.41, 5.74) is 8.76. The maximum Gasteiger partial charge on any atom is 0.333 e. The van der Waals surface area contributed by atoms with Crippen molar-refractivity contribution >= 4 is 11.5 Å². The second kappa shape index (κ2) is 11.2. The zero-order valence-corrected chi connectivity index (χ0v) is 19.9. The summed E-state index contributed by atoms with van der Waals surface area (Å²) in [4.78, 5) is 11.3. The fraction of sp³-hybridized carbons (Fsp3) is 0.300. The molecule has 0 aliphatic heterocycles. The number of fused-ring (bicyclic) bond motifs is 3. The lowest BCUT2D eigenvalue weighted by molar-refractivity contribution is -0.149. The molecular weight excluding hydrogens is 424 g/mol. The van der Waals surface area contributed by atoms with E-state index in [2.05, 4.69) is 55.5 Å². The summed E-state index contributed by atoms with van der Waals surface area (Å²) in [5.74, 6) is -0.184. The predicted molar refractivity (Wildman–Crippen MR) is 136 cm³/mol. The monoisotopic (exact) mass is 456 g/mol. The molecule has 4 heteroatoms. The Hall–Kier alpha value is -3.37. The highest BCUT2D eigenvalue weighted by Gasteiger charge is 2.25. The zero-order valence-electron chi connectivity index (χ0n) is 19.9. The van der Waals surface area contributed by atoms with Crippen molar-refractivity contribution in [3.8, 4) is 16.9 Å². The van der Waals surface area contributed by atoms with E-state index in [1.807, 2.05) is 24.3 Å². The summed E-state index contributed by atoms with van der Waals surface area (Å²) in [6, 6.07) is 22.8. The first-order chi connectivity index (χ1) is 16.6. The fourth-order valence-corrected chi connectivity index (χ4v) is 4.59. The van der Waals surface area contributed by atoms with Gasteiger partial charge in [0.25, 0.3) is 0 Å². The Bertz CT molecular complexity index is 1160. The number of carboxylic acid groups (broad SMARTS) is 1. The Morgan fingerprint density at radius 1 is 0.941 bits per heavy atom. The standard InChI is InChI=1S/C30H32O4/c1-3-5-9-22-10-8-13-27-25(24-11-6-7-12-26(24)29(22)27)18-19-34-23-16-14-21(15-17-23)20-28(30(31)32)33-4-2/h6-8,10-18,28H,3-5,9,19-20H2,1-2H3,(H,31,32). The molecule has 1 aliphatic carbocycles. The summed E-state index contributed by atoms with van der Waals surface area (Å²) in [6.07, 6.45) is 5.14. The second-order valence-corrected chi connectivity index (χ2v) is 8.55. The first-order valence-electron chi connectivity index (χ1n) is 12.1. The van der Waals surface area contributed by atoms with Gasteiger partial charge in [0, 0.05) is 13.0 Å². The molecule has 1 unspecified atom stereocenters. The molecule has 0 radical (unpaired) electrons. The van der Waals surface area contributed by atoms with Gasteiger partial charge >= 0.3 is 5.97 Å². The Morgan fingerprint density at radius 2 is 1.68 bits per heavy atom. The Labute approximate surface area is 201 Å². The molecule has 34 heavy (non-hydrogen) atoms. The van der Waals surface area contributed by atoms with Crippen LogP contribution in [-0.2, 0) is 22.4 Å². The van der Waals surface area contributed by atoms with Crippen molar-refractivity contribution in [3.63, 3.8) is 0 Å². The molecule has 1 atom stereocenters. The molecule has 3 aromatic carbocycles. The summed E-state index contributed by atoms with van der Waals surface area (Å²) in [6.45, 7) is 4.86. The van der Waals surface area contributed by atoms with Gasteiger partial charge in [-0.25, -0.2) is 4.79 Å². The third kappa shape index (κ3) is 5.23. The van der Waals surface area contributed by atoms with Crippen molar-refractivity contribution in [1.29, 1.82) is 0 Å². The molecule has 0 aromatic heterocycles. The average molecular weight is 457 g/mol. The lowest BCUT2D eigenvalue weighted by atomic mass is 9.95. The number of rotatable bonds is 11. The van der Waals surface area contributed by atoms with Gasteiger partial charge in [-0.3, -0.25) is 0 Å². The molecule has 0 heterocycles. The molecule has 176 valence electrons. The predicted octanol–water partition coefficient (Wildman–Crippen LogP) is 6.55. The molecule has 1 N–H and O–H groups in total. The van der Waals surface area contributed by atoms with Crippen molar-refractivity contribution < 1.29 is 19.4 Å². The molecule has 3 aromatic rings. The molecule has 4 nitrogen and oxygen atoms in total. The molecule has 1 aliphatic rings. The minimum absolute atomic E-state index is 0.335. The minimum Gasteiger partial charge on any atom is -0.490 e. The molecular formula is C30H32O4. The van der Waals surface area contributed by atoms with Gasteiger partial charge in [0.15, 0.2) is 6.10 Å². The van der Waals surface area contributed by atoms with Crippen LogP contribution in [0.2, 0.25) is 0 Å². The zero-order chi connectivity index (χ0) is 23.9. The lowest BCUT2D eigenvalue weighted by Crippen LogP contribution is -2.26. The number of carbonyl (C=O) groups is 1. The summed E-state index contributed by atoms with van der Waals surface area (Å²) < 4.78 is 11.3. The van der Waals surface area contributed by atoms with E-state index in [0.717, 1.165) is 17.7 Å². The van der Waals surface area contributed by atoms with Crippen molar-refractivity contribution in [2.24, 2.45) is 0 Å². The van der Waals surface area contributed by atoms with E-state index in [1.54, 1.807) is 6.92 Å². The number of carboxylic acids is 1. The highest BCUT2D eigenvalue weighted by Crippen LogP contribution is 2.46. The van der Waals surface area contributed by atoms with Crippen LogP contribution in [0.5, 0.6) is 5.75 Å². The summed E-state index contributed by atoms with van der Waals surface area (Å²) >= 11 is 0. The number of aryl methyl sites for hydroxylation is 1. The lowest BCUT2D eigenvalue weighted by Gasteiger charge is -2.12. The van der Waals surface area contributed by atoms with Crippen LogP contribution in [0.4, 0.5) is 0 Å². The van der Waals surface area contributed by atoms with Crippen LogP contribution in [-0.4, -0.2) is 30.4 Å². The van der Waals surface area contributed by atoms with Gasteiger partial charge in [-0.2, -0.15) is 0 Å². The molecule has 0 amide bonds. The van der Waals surface area contributed by atoms with E-state index in [9.17, 15) is 9.90 Å². The molecule has 4 rings (SSSR count). The maximum absolute atomic E-state index is 11.3. The van der Waals surface area contributed by atoms with E-state index in [1.165, 1.54) is 46.2 Å². The molecule has 0 bridgehead atoms. The van der Waals surface area contributed by atoms with Crippen molar-refractivity contribution in [2.45, 2.75) is 45.6 Å². The van der Waals surface area contributed by atoms with Crippen LogP contribution in [0.3, 0.4) is 0 Å². The molecule has 0 fully saturated rings. The van der Waals surface area contributed by atoms with Crippen molar-refractivity contribution in [2.75, 3.05) is 13.2 Å². The van der Waals surface area contributed by atoms with E-state index in [0.29, 0.717) is 19.6 Å². The smallest absolute Gasteiger partial charge is 0.333 e. The first-order valence-corrected chi connectivity index (χ1v) is 12.1. The summed E-state index contributed by atoms with van der Waals surface area (Å²) in [7, 11) is 0. The molecule has 0 saturated heterocycles. The van der Waals surface area contributed by atoms with Crippen LogP contribution >= 0.6 is 0 Å². The van der Waals surface area contributed by atoms with Gasteiger partial charge in [0.05, 0.1) is 0 Å². The van der Waals surface area contributed by atoms with Crippen LogP contribution in [0.15, 0.2) is 72.8 Å². The van der Waals surface area contributed by atoms with E-state index in [-0.39, 0.29) is 0 Å². The van der Waals surface area contributed by atoms with E-state index in [4.69, 9.17) is 9.47 Å². The number of ether oxygens (including phenoxy) is 2. The summed E-state index contributed by atoms with van der Waals surface area (Å²) in [5, 5.41) is 9.28. The quantitative estimate of drug-likeness (QED) is 0.278. The van der Waals surface area contributed by atoms with Gasteiger partial charge in [-0.05, 0) is 76.9 Å². The Kier molecular flexibility index (Phi) is 7.81. The minimum atomic E-state index is -0.941. The fourth-order valence-electron chi connectivity index (χ4n) is 4.59. The number of hydrogen-bond acceptors (Lipinski definition) is 3. The Balaban J connectivity index is 1.49. The number of benzene rings is 3. The van der Waals surface area contributed by atoms with E-state index < -0.39 is 12.1 Å². The van der Waals surface area contributed by atoms with Gasteiger partial charge in [-0.1, -0.05) is 67.9 Å². The van der Waals surface area contributed by atoms with Crippen LogP contribution < -0.4 is 4.74 Å². The third-order valence-electron chi connectivity index (χ3n) is 6.25. The third-order valence-corrected chi connectivity index (χ3v) is 6.25. The van der Waals surface area contributed by atoms with Gasteiger partial charge < -0.3 is 14.6 Å².